The molecule has 0 spiro atoms. The Morgan fingerprint density at radius 3 is 2.75 bits per heavy atom. The molecule has 8 heteroatoms. The SMILES string of the molecule is COc1ccc(OC)c(CCNC(=S)Nc2nccnc2C#N)c1. The minimum atomic E-state index is 0.191. The smallest absolute Gasteiger partial charge is 0.183 e. The zero-order valence-electron chi connectivity index (χ0n) is 13.4. The Hall–Kier alpha value is -2.92. The van der Waals surface area contributed by atoms with Crippen molar-refractivity contribution in [2.24, 2.45) is 0 Å². The van der Waals surface area contributed by atoms with Crippen LogP contribution in [0.3, 0.4) is 0 Å². The van der Waals surface area contributed by atoms with Gasteiger partial charge in [-0.05, 0) is 42.4 Å². The van der Waals surface area contributed by atoms with E-state index >= 15 is 0 Å². The molecule has 0 fully saturated rings. The van der Waals surface area contributed by atoms with E-state index in [9.17, 15) is 0 Å². The van der Waals surface area contributed by atoms with Gasteiger partial charge in [0.15, 0.2) is 16.6 Å². The molecular weight excluding hydrogens is 326 g/mol. The molecule has 0 unspecified atom stereocenters. The summed E-state index contributed by atoms with van der Waals surface area (Å²) in [6.45, 7) is 0.581. The molecule has 2 aromatic rings. The summed E-state index contributed by atoms with van der Waals surface area (Å²) >= 11 is 5.21. The lowest BCUT2D eigenvalue weighted by atomic mass is 10.1. The summed E-state index contributed by atoms with van der Waals surface area (Å²) in [7, 11) is 3.25. The minimum Gasteiger partial charge on any atom is -0.497 e. The van der Waals surface area contributed by atoms with Gasteiger partial charge >= 0.3 is 0 Å². The van der Waals surface area contributed by atoms with Crippen LogP contribution in [0.1, 0.15) is 11.3 Å². The van der Waals surface area contributed by atoms with E-state index in [1.807, 2.05) is 24.3 Å². The number of hydrogen-bond acceptors (Lipinski definition) is 6. The van der Waals surface area contributed by atoms with Gasteiger partial charge in [0.1, 0.15) is 17.6 Å². The third-order valence-corrected chi connectivity index (χ3v) is 3.45. The first-order valence-corrected chi connectivity index (χ1v) is 7.55. The van der Waals surface area contributed by atoms with Gasteiger partial charge in [-0.3, -0.25) is 0 Å². The highest BCUT2D eigenvalue weighted by molar-refractivity contribution is 7.80. The number of anilines is 1. The maximum Gasteiger partial charge on any atom is 0.183 e. The Labute approximate surface area is 145 Å². The van der Waals surface area contributed by atoms with Crippen molar-refractivity contribution < 1.29 is 9.47 Å². The lowest BCUT2D eigenvalue weighted by molar-refractivity contribution is 0.398. The molecule has 0 atom stereocenters. The fourth-order valence-corrected chi connectivity index (χ4v) is 2.25. The number of thiocarbonyl (C=S) groups is 1. The molecule has 0 saturated carbocycles. The van der Waals surface area contributed by atoms with Gasteiger partial charge in [0, 0.05) is 18.9 Å². The lowest BCUT2D eigenvalue weighted by Crippen LogP contribution is -2.31. The third-order valence-electron chi connectivity index (χ3n) is 3.20. The van der Waals surface area contributed by atoms with Gasteiger partial charge in [-0.15, -0.1) is 0 Å². The highest BCUT2D eigenvalue weighted by atomic mass is 32.1. The molecular formula is C16H17N5O2S. The zero-order valence-corrected chi connectivity index (χ0v) is 14.2. The summed E-state index contributed by atoms with van der Waals surface area (Å²) < 4.78 is 10.6. The topological polar surface area (TPSA) is 92.1 Å². The van der Waals surface area contributed by atoms with Crippen molar-refractivity contribution in [2.45, 2.75) is 6.42 Å². The van der Waals surface area contributed by atoms with Crippen LogP contribution in [0.15, 0.2) is 30.6 Å². The highest BCUT2D eigenvalue weighted by Gasteiger charge is 2.08. The van der Waals surface area contributed by atoms with E-state index in [4.69, 9.17) is 27.0 Å². The number of methoxy groups -OCH3 is 2. The van der Waals surface area contributed by atoms with Crippen LogP contribution >= 0.6 is 12.2 Å². The van der Waals surface area contributed by atoms with Crippen LogP contribution in [0.5, 0.6) is 11.5 Å². The zero-order chi connectivity index (χ0) is 17.4. The first-order valence-electron chi connectivity index (χ1n) is 7.14. The normalized spacial score (nSPS) is 9.71. The number of benzene rings is 1. The second-order valence-electron chi connectivity index (χ2n) is 4.67. The van der Waals surface area contributed by atoms with E-state index in [1.165, 1.54) is 12.4 Å². The maximum absolute atomic E-state index is 8.98. The van der Waals surface area contributed by atoms with Gasteiger partial charge in [-0.25, -0.2) is 9.97 Å². The van der Waals surface area contributed by atoms with E-state index in [0.29, 0.717) is 23.9 Å². The molecule has 124 valence electrons. The van der Waals surface area contributed by atoms with Crippen molar-refractivity contribution in [3.63, 3.8) is 0 Å². The summed E-state index contributed by atoms with van der Waals surface area (Å²) in [5, 5.41) is 15.3. The molecule has 2 N–H and O–H groups in total. The van der Waals surface area contributed by atoms with Crippen LogP contribution in [-0.4, -0.2) is 35.8 Å². The molecule has 1 aromatic heterocycles. The van der Waals surface area contributed by atoms with Crippen LogP contribution in [0, 0.1) is 11.3 Å². The van der Waals surface area contributed by atoms with Crippen LogP contribution < -0.4 is 20.1 Å². The number of nitriles is 1. The van der Waals surface area contributed by atoms with Gasteiger partial charge in [0.2, 0.25) is 0 Å². The molecule has 0 bridgehead atoms. The molecule has 7 nitrogen and oxygen atoms in total. The van der Waals surface area contributed by atoms with Crippen molar-refractivity contribution in [2.75, 3.05) is 26.1 Å². The van der Waals surface area contributed by atoms with Crippen molar-refractivity contribution in [3.8, 4) is 17.6 Å². The Morgan fingerprint density at radius 2 is 2.04 bits per heavy atom. The van der Waals surface area contributed by atoms with Gasteiger partial charge in [0.05, 0.1) is 14.2 Å². The number of nitrogens with zero attached hydrogens (tertiary/aromatic N) is 3. The summed E-state index contributed by atoms with van der Waals surface area (Å²) in [4.78, 5) is 7.96. The number of nitrogens with one attached hydrogen (secondary N) is 2. The van der Waals surface area contributed by atoms with Gasteiger partial charge in [-0.1, -0.05) is 0 Å². The summed E-state index contributed by atoms with van der Waals surface area (Å²) in [5.41, 5.74) is 1.19. The van der Waals surface area contributed by atoms with Crippen LogP contribution in [0.4, 0.5) is 5.82 Å². The number of rotatable bonds is 6. The molecule has 24 heavy (non-hydrogen) atoms. The molecule has 1 heterocycles. The van der Waals surface area contributed by atoms with Crippen molar-refractivity contribution in [1.82, 2.24) is 15.3 Å². The van der Waals surface area contributed by atoms with Gasteiger partial charge in [-0.2, -0.15) is 5.26 Å². The molecule has 0 aliphatic rings. The fourth-order valence-electron chi connectivity index (χ4n) is 2.05. The Kier molecular flexibility index (Phi) is 6.28. The van der Waals surface area contributed by atoms with Crippen molar-refractivity contribution >= 4 is 23.1 Å². The number of aromatic nitrogens is 2. The predicted octanol–water partition coefficient (Wildman–Crippen LogP) is 1.89. The lowest BCUT2D eigenvalue weighted by Gasteiger charge is -2.13. The van der Waals surface area contributed by atoms with E-state index in [0.717, 1.165) is 17.1 Å². The largest absolute Gasteiger partial charge is 0.497 e. The van der Waals surface area contributed by atoms with E-state index < -0.39 is 0 Å². The number of hydrogen-bond donors (Lipinski definition) is 2. The quantitative estimate of drug-likeness (QED) is 0.768. The highest BCUT2D eigenvalue weighted by Crippen LogP contribution is 2.24. The van der Waals surface area contributed by atoms with Crippen LogP contribution in [0.25, 0.3) is 0 Å². The van der Waals surface area contributed by atoms with Crippen molar-refractivity contribution in [3.05, 3.63) is 41.9 Å². The standard InChI is InChI=1S/C16H17N5O2S/c1-22-12-3-4-14(23-2)11(9-12)5-6-20-16(24)21-15-13(10-17)18-7-8-19-15/h3-4,7-9H,5-6H2,1-2H3,(H2,19,20,21,24). The summed E-state index contributed by atoms with van der Waals surface area (Å²) in [6.07, 6.45) is 3.63. The molecule has 0 saturated heterocycles. The van der Waals surface area contributed by atoms with Crippen LogP contribution in [0.2, 0.25) is 0 Å². The maximum atomic E-state index is 8.98. The van der Waals surface area contributed by atoms with E-state index in [1.54, 1.807) is 14.2 Å². The summed E-state index contributed by atoms with van der Waals surface area (Å²) in [6, 6.07) is 7.59. The Bertz CT molecular complexity index is 760. The average Bonchev–Trinajstić information content (AvgIpc) is 2.62. The Morgan fingerprint density at radius 1 is 1.25 bits per heavy atom. The number of ether oxygens (including phenoxy) is 2. The molecule has 1 aromatic carbocycles. The molecule has 2 rings (SSSR count). The minimum absolute atomic E-state index is 0.191. The van der Waals surface area contributed by atoms with E-state index in [2.05, 4.69) is 20.6 Å². The third kappa shape index (κ3) is 4.54. The molecule has 0 amide bonds. The second kappa shape index (κ2) is 8.64. The summed E-state index contributed by atoms with van der Waals surface area (Å²) in [5.74, 6) is 1.89. The fraction of sp³-hybridized carbons (Fsp3) is 0.250. The molecule has 0 aliphatic carbocycles. The van der Waals surface area contributed by atoms with Crippen molar-refractivity contribution in [1.29, 1.82) is 5.26 Å². The predicted molar refractivity (Wildman–Crippen MR) is 94.2 cm³/mol. The second-order valence-corrected chi connectivity index (χ2v) is 5.08. The Balaban J connectivity index is 1.92. The average molecular weight is 343 g/mol. The van der Waals surface area contributed by atoms with Gasteiger partial charge < -0.3 is 20.1 Å². The van der Waals surface area contributed by atoms with Gasteiger partial charge in [0.25, 0.3) is 0 Å². The first kappa shape index (κ1) is 17.4. The molecule has 0 radical (unpaired) electrons. The molecule has 0 aliphatic heterocycles. The van der Waals surface area contributed by atoms with Crippen LogP contribution in [-0.2, 0) is 6.42 Å². The first-order chi connectivity index (χ1) is 11.7. The monoisotopic (exact) mass is 343 g/mol. The van der Waals surface area contributed by atoms with E-state index in [-0.39, 0.29) is 5.69 Å².